The van der Waals surface area contributed by atoms with E-state index >= 15 is 0 Å². The van der Waals surface area contributed by atoms with E-state index in [9.17, 15) is 4.79 Å². The first-order chi connectivity index (χ1) is 12.7. The van der Waals surface area contributed by atoms with Gasteiger partial charge in [0.15, 0.2) is 0 Å². The third-order valence-electron chi connectivity index (χ3n) is 4.80. The Balaban J connectivity index is 1.39. The Bertz CT molecular complexity index is 719. The summed E-state index contributed by atoms with van der Waals surface area (Å²) in [5.74, 6) is 1.19. The first-order valence-electron chi connectivity index (χ1n) is 9.08. The molecule has 1 aliphatic rings. The first-order valence-corrected chi connectivity index (χ1v) is 10.3. The summed E-state index contributed by atoms with van der Waals surface area (Å²) >= 11 is 1.81. The monoisotopic (exact) mass is 370 g/mol. The summed E-state index contributed by atoms with van der Waals surface area (Å²) in [5, 5.41) is 3.01. The Hall–Kier alpha value is -1.98. The van der Waals surface area contributed by atoms with Gasteiger partial charge in [-0.25, -0.2) is 0 Å². The Morgan fingerprint density at radius 1 is 1.27 bits per heavy atom. The predicted molar refractivity (Wildman–Crippen MR) is 107 cm³/mol. The van der Waals surface area contributed by atoms with Crippen molar-refractivity contribution in [2.45, 2.75) is 24.3 Å². The molecule has 0 radical (unpaired) electrons. The highest BCUT2D eigenvalue weighted by Crippen LogP contribution is 2.24. The lowest BCUT2D eigenvalue weighted by Gasteiger charge is -2.32. The lowest BCUT2D eigenvalue weighted by Crippen LogP contribution is -2.38. The van der Waals surface area contributed by atoms with Crippen molar-refractivity contribution in [3.8, 4) is 0 Å². The van der Waals surface area contributed by atoms with Crippen LogP contribution in [0.15, 0.2) is 58.1 Å². The summed E-state index contributed by atoms with van der Waals surface area (Å²) < 4.78 is 5.18. The second kappa shape index (κ2) is 9.64. The highest BCUT2D eigenvalue weighted by atomic mass is 32.2. The second-order valence-corrected chi connectivity index (χ2v) is 7.47. The van der Waals surface area contributed by atoms with Crippen LogP contribution in [-0.4, -0.2) is 36.7 Å². The van der Waals surface area contributed by atoms with E-state index in [2.05, 4.69) is 40.7 Å². The molecule has 138 valence electrons. The number of carbonyl (C=O) groups is 1. The number of amides is 1. The molecule has 0 unspecified atom stereocenters. The third-order valence-corrected chi connectivity index (χ3v) is 5.64. The van der Waals surface area contributed by atoms with E-state index in [1.807, 2.05) is 23.9 Å². The van der Waals surface area contributed by atoms with E-state index < -0.39 is 0 Å². The van der Waals surface area contributed by atoms with Crippen LogP contribution < -0.4 is 5.32 Å². The van der Waals surface area contributed by atoms with Gasteiger partial charge in [0.2, 0.25) is 5.91 Å². The van der Waals surface area contributed by atoms with E-state index in [0.29, 0.717) is 11.7 Å². The lowest BCUT2D eigenvalue weighted by atomic mass is 9.96. The topological polar surface area (TPSA) is 45.5 Å². The SMILES string of the molecule is CSc1ccccc1CN1CCC(CNC(=O)/C=C/c2ccco2)CC1. The van der Waals surface area contributed by atoms with E-state index in [1.54, 1.807) is 12.3 Å². The normalized spacial score (nSPS) is 16.2. The van der Waals surface area contributed by atoms with Crippen molar-refractivity contribution in [2.24, 2.45) is 5.92 Å². The van der Waals surface area contributed by atoms with Crippen LogP contribution in [0, 0.1) is 5.92 Å². The van der Waals surface area contributed by atoms with Gasteiger partial charge in [0.1, 0.15) is 5.76 Å². The van der Waals surface area contributed by atoms with Crippen LogP contribution in [0.5, 0.6) is 0 Å². The molecule has 5 heteroatoms. The molecule has 1 N–H and O–H groups in total. The molecule has 0 bridgehead atoms. The number of carbonyl (C=O) groups excluding carboxylic acids is 1. The summed E-state index contributed by atoms with van der Waals surface area (Å²) in [6, 6.07) is 12.3. The van der Waals surface area contributed by atoms with Gasteiger partial charge in [-0.15, -0.1) is 11.8 Å². The van der Waals surface area contributed by atoms with Crippen molar-refractivity contribution in [1.82, 2.24) is 10.2 Å². The average molecular weight is 371 g/mol. The van der Waals surface area contributed by atoms with E-state index in [0.717, 1.165) is 39.0 Å². The maximum Gasteiger partial charge on any atom is 0.244 e. The van der Waals surface area contributed by atoms with Crippen molar-refractivity contribution >= 4 is 23.7 Å². The molecular weight excluding hydrogens is 344 g/mol. The number of nitrogens with zero attached hydrogens (tertiary/aromatic N) is 1. The van der Waals surface area contributed by atoms with Crippen LogP contribution in [0.2, 0.25) is 0 Å². The summed E-state index contributed by atoms with van der Waals surface area (Å²) in [5.41, 5.74) is 1.41. The van der Waals surface area contributed by atoms with Gasteiger partial charge in [-0.05, 0) is 67.9 Å². The van der Waals surface area contributed by atoms with Gasteiger partial charge < -0.3 is 9.73 Å². The maximum absolute atomic E-state index is 11.9. The number of likely N-dealkylation sites (tertiary alicyclic amines) is 1. The number of piperidine rings is 1. The van der Waals surface area contributed by atoms with Gasteiger partial charge in [-0.2, -0.15) is 0 Å². The Morgan fingerprint density at radius 3 is 2.81 bits per heavy atom. The quantitative estimate of drug-likeness (QED) is 0.590. The molecule has 1 aliphatic heterocycles. The van der Waals surface area contributed by atoms with Crippen LogP contribution >= 0.6 is 11.8 Å². The molecule has 1 fully saturated rings. The van der Waals surface area contributed by atoms with Crippen molar-refractivity contribution in [3.05, 3.63) is 60.1 Å². The van der Waals surface area contributed by atoms with Crippen LogP contribution in [0.1, 0.15) is 24.2 Å². The second-order valence-electron chi connectivity index (χ2n) is 6.63. The number of nitrogens with one attached hydrogen (secondary N) is 1. The van der Waals surface area contributed by atoms with Crippen molar-refractivity contribution in [1.29, 1.82) is 0 Å². The lowest BCUT2D eigenvalue weighted by molar-refractivity contribution is -0.116. The largest absolute Gasteiger partial charge is 0.465 e. The Morgan fingerprint density at radius 2 is 2.08 bits per heavy atom. The van der Waals surface area contributed by atoms with E-state index in [4.69, 9.17) is 4.42 Å². The van der Waals surface area contributed by atoms with E-state index in [-0.39, 0.29) is 5.91 Å². The molecule has 0 spiro atoms. The summed E-state index contributed by atoms with van der Waals surface area (Å²) in [6.07, 6.45) is 9.22. The molecule has 2 aromatic rings. The van der Waals surface area contributed by atoms with Crippen molar-refractivity contribution in [3.63, 3.8) is 0 Å². The first kappa shape index (κ1) is 18.8. The minimum atomic E-state index is -0.0577. The number of thioether (sulfide) groups is 1. The molecule has 0 aliphatic carbocycles. The highest BCUT2D eigenvalue weighted by molar-refractivity contribution is 7.98. The molecule has 4 nitrogen and oxygen atoms in total. The molecule has 1 saturated heterocycles. The fraction of sp³-hybridized carbons (Fsp3) is 0.381. The smallest absolute Gasteiger partial charge is 0.244 e. The average Bonchev–Trinajstić information content (AvgIpc) is 3.20. The zero-order valence-corrected chi connectivity index (χ0v) is 16.0. The Labute approximate surface area is 159 Å². The Kier molecular flexibility index (Phi) is 6.97. The van der Waals surface area contributed by atoms with Crippen molar-refractivity contribution in [2.75, 3.05) is 25.9 Å². The predicted octanol–water partition coefficient (Wildman–Crippen LogP) is 4.04. The van der Waals surface area contributed by atoms with E-state index in [1.165, 1.54) is 16.5 Å². The van der Waals surface area contributed by atoms with Gasteiger partial charge >= 0.3 is 0 Å². The molecule has 1 aromatic heterocycles. The fourth-order valence-corrected chi connectivity index (χ4v) is 3.88. The zero-order chi connectivity index (χ0) is 18.2. The van der Waals surface area contributed by atoms with Gasteiger partial charge in [0, 0.05) is 24.1 Å². The summed E-state index contributed by atoms with van der Waals surface area (Å²) in [6.45, 7) is 3.94. The third kappa shape index (κ3) is 5.51. The number of furan rings is 1. The molecule has 0 atom stereocenters. The zero-order valence-electron chi connectivity index (χ0n) is 15.2. The summed E-state index contributed by atoms with van der Waals surface area (Å²) in [7, 11) is 0. The van der Waals surface area contributed by atoms with Crippen LogP contribution in [-0.2, 0) is 11.3 Å². The van der Waals surface area contributed by atoms with Gasteiger partial charge in [0.25, 0.3) is 0 Å². The number of benzene rings is 1. The molecule has 1 amide bonds. The fourth-order valence-electron chi connectivity index (χ4n) is 3.27. The highest BCUT2D eigenvalue weighted by Gasteiger charge is 2.20. The standard InChI is InChI=1S/C21H26N2O2S/c1-26-20-7-3-2-5-18(20)16-23-12-10-17(11-13-23)15-22-21(24)9-8-19-6-4-14-25-19/h2-9,14,17H,10-13,15-16H2,1H3,(H,22,24)/b9-8+. The van der Waals surface area contributed by atoms with Gasteiger partial charge in [-0.3, -0.25) is 9.69 Å². The minimum Gasteiger partial charge on any atom is -0.465 e. The van der Waals surface area contributed by atoms with Gasteiger partial charge in [-0.1, -0.05) is 18.2 Å². The molecule has 0 saturated carbocycles. The minimum absolute atomic E-state index is 0.0577. The van der Waals surface area contributed by atoms with Crippen molar-refractivity contribution < 1.29 is 9.21 Å². The van der Waals surface area contributed by atoms with Crippen LogP contribution in [0.3, 0.4) is 0 Å². The number of hydrogen-bond acceptors (Lipinski definition) is 4. The molecule has 2 heterocycles. The van der Waals surface area contributed by atoms with Crippen LogP contribution in [0.25, 0.3) is 6.08 Å². The van der Waals surface area contributed by atoms with Gasteiger partial charge in [0.05, 0.1) is 6.26 Å². The number of hydrogen-bond donors (Lipinski definition) is 1. The molecule has 3 rings (SSSR count). The van der Waals surface area contributed by atoms with Crippen LogP contribution in [0.4, 0.5) is 0 Å². The molecule has 1 aromatic carbocycles. The molecular formula is C21H26N2O2S. The number of rotatable bonds is 7. The molecule has 26 heavy (non-hydrogen) atoms. The summed E-state index contributed by atoms with van der Waals surface area (Å²) in [4.78, 5) is 15.8. The maximum atomic E-state index is 11.9.